The molecule has 4 saturated carbocycles. The van der Waals surface area contributed by atoms with Crippen molar-refractivity contribution in [1.29, 1.82) is 0 Å². The van der Waals surface area contributed by atoms with Gasteiger partial charge in [0.05, 0.1) is 0 Å². The van der Waals surface area contributed by atoms with Gasteiger partial charge in [0.1, 0.15) is 0 Å². The summed E-state index contributed by atoms with van der Waals surface area (Å²) in [6.07, 6.45) is 8.33. The van der Waals surface area contributed by atoms with Crippen LogP contribution in [0.3, 0.4) is 0 Å². The highest BCUT2D eigenvalue weighted by molar-refractivity contribution is 7.00. The van der Waals surface area contributed by atoms with Crippen molar-refractivity contribution in [3.05, 3.63) is 103 Å². The smallest absolute Gasteiger partial charge is 0.252 e. The van der Waals surface area contributed by atoms with E-state index < -0.39 is 0 Å². The molecule has 2 aliphatic heterocycles. The lowest BCUT2D eigenvalue weighted by molar-refractivity contribution is -0.00514. The number of benzene rings is 5. The third-order valence-corrected chi connectivity index (χ3v) is 14.0. The minimum absolute atomic E-state index is 0.0785. The predicted molar refractivity (Wildman–Crippen MR) is 238 cm³/mol. The minimum Gasteiger partial charge on any atom is -0.378 e. The van der Waals surface area contributed by atoms with Crippen LogP contribution in [0.25, 0.3) is 0 Å². The van der Waals surface area contributed by atoms with Gasteiger partial charge >= 0.3 is 0 Å². The molecule has 2 heterocycles. The van der Waals surface area contributed by atoms with Gasteiger partial charge in [-0.25, -0.2) is 0 Å². The molecular weight excluding hydrogens is 671 g/mol. The molecule has 4 fully saturated rings. The normalized spacial score (nSPS) is 22.6. The molecule has 6 nitrogen and oxygen atoms in total. The molecule has 0 spiro atoms. The second-order valence-corrected chi connectivity index (χ2v) is 18.3. The first kappa shape index (κ1) is 34.5. The van der Waals surface area contributed by atoms with E-state index in [1.54, 1.807) is 5.56 Å². The fourth-order valence-electron chi connectivity index (χ4n) is 11.7. The number of rotatable bonds is 7. The first-order valence-corrected chi connectivity index (χ1v) is 20.4. The van der Waals surface area contributed by atoms with Gasteiger partial charge in [0.15, 0.2) is 0 Å². The van der Waals surface area contributed by atoms with E-state index in [0.29, 0.717) is 0 Å². The Morgan fingerprint density at radius 2 is 0.818 bits per heavy atom. The predicted octanol–water partition coefficient (Wildman–Crippen LogP) is 8.50. The lowest BCUT2D eigenvalue weighted by atomic mass is 9.33. The fourth-order valence-corrected chi connectivity index (χ4v) is 11.7. The molecule has 0 N–H and O–H groups in total. The van der Waals surface area contributed by atoms with Crippen molar-refractivity contribution < 1.29 is 0 Å². The van der Waals surface area contributed by atoms with E-state index in [-0.39, 0.29) is 12.1 Å². The van der Waals surface area contributed by atoms with E-state index >= 15 is 0 Å². The van der Waals surface area contributed by atoms with Gasteiger partial charge in [-0.15, -0.1) is 0 Å². The standard InChI is InChI=1S/C48H55BN6/c1-50(2)35-9-13-37(14-10-35)54-43-19-17-39(52(5)6)26-41(43)49-42-27-40(53(7)8)18-20-44(42)55(38-15-11-36(12-16-38)51(3)4)46-25-34(24-45(54)47(46)49)48-28-31-21-32(29-48)23-33(22-31)30-48/h9-20,24-27,31-33H,21-23,28-30H2,1-8H3. The van der Waals surface area contributed by atoms with Crippen LogP contribution in [-0.4, -0.2) is 63.1 Å². The van der Waals surface area contributed by atoms with E-state index in [4.69, 9.17) is 0 Å². The Morgan fingerprint density at radius 3 is 1.18 bits per heavy atom. The molecular formula is C48H55BN6. The Hall–Kier alpha value is -5.04. The van der Waals surface area contributed by atoms with E-state index in [9.17, 15) is 0 Å². The van der Waals surface area contributed by atoms with Gasteiger partial charge in [0.2, 0.25) is 0 Å². The largest absolute Gasteiger partial charge is 0.378 e. The molecule has 11 rings (SSSR count). The maximum absolute atomic E-state index is 2.68. The Kier molecular flexibility index (Phi) is 7.83. The minimum atomic E-state index is 0.0785. The van der Waals surface area contributed by atoms with E-state index in [2.05, 4.69) is 183 Å². The monoisotopic (exact) mass is 726 g/mol. The quantitative estimate of drug-likeness (QED) is 0.153. The second-order valence-electron chi connectivity index (χ2n) is 18.3. The van der Waals surface area contributed by atoms with Crippen LogP contribution in [-0.2, 0) is 5.41 Å². The summed E-state index contributed by atoms with van der Waals surface area (Å²) in [4.78, 5) is 14.1. The SMILES string of the molecule is CN(C)c1ccc(N2c3ccc(N(C)C)cc3B3c4cc(N(C)C)ccc4N(c4ccc(N(C)C)cc4)c4cc(C56CC7CC(CC(C7)C5)C6)cc2c43)cc1. The van der Waals surface area contributed by atoms with Crippen molar-refractivity contribution in [3.8, 4) is 0 Å². The first-order valence-electron chi connectivity index (χ1n) is 20.4. The summed E-state index contributed by atoms with van der Waals surface area (Å²) in [5, 5.41) is 0. The van der Waals surface area contributed by atoms with Crippen LogP contribution < -0.4 is 45.8 Å². The second kappa shape index (κ2) is 12.5. The summed E-state index contributed by atoms with van der Waals surface area (Å²) >= 11 is 0. The van der Waals surface area contributed by atoms with E-state index in [1.165, 1.54) is 112 Å². The van der Waals surface area contributed by atoms with E-state index in [0.717, 1.165) is 17.8 Å². The lowest BCUT2D eigenvalue weighted by Crippen LogP contribution is -2.61. The number of anilines is 10. The molecule has 0 unspecified atom stereocenters. The Bertz CT molecular complexity index is 2120. The van der Waals surface area contributed by atoms with Crippen molar-refractivity contribution in [2.45, 2.75) is 43.9 Å². The summed E-state index contributed by atoms with van der Waals surface area (Å²) in [6.45, 7) is 0.0785. The molecule has 4 aliphatic carbocycles. The van der Waals surface area contributed by atoms with Gasteiger partial charge in [-0.05, 0) is 181 Å². The molecule has 5 aromatic rings. The number of nitrogens with zero attached hydrogens (tertiary/aromatic N) is 6. The van der Waals surface area contributed by atoms with Crippen LogP contribution in [0.5, 0.6) is 0 Å². The lowest BCUT2D eigenvalue weighted by Gasteiger charge is -2.57. The third-order valence-electron chi connectivity index (χ3n) is 14.0. The third kappa shape index (κ3) is 5.36. The van der Waals surface area contributed by atoms with Crippen LogP contribution in [0.4, 0.5) is 56.9 Å². The van der Waals surface area contributed by atoms with Crippen molar-refractivity contribution >= 4 is 80.0 Å². The van der Waals surface area contributed by atoms with Gasteiger partial charge < -0.3 is 29.4 Å². The highest BCUT2D eigenvalue weighted by Crippen LogP contribution is 2.62. The first-order chi connectivity index (χ1) is 26.5. The Morgan fingerprint density at radius 1 is 0.455 bits per heavy atom. The molecule has 6 aliphatic rings. The Balaban J connectivity index is 1.29. The summed E-state index contributed by atoms with van der Waals surface area (Å²) in [5.74, 6) is 2.60. The summed E-state index contributed by atoms with van der Waals surface area (Å²) in [7, 11) is 17.2. The van der Waals surface area contributed by atoms with Crippen LogP contribution in [0.1, 0.15) is 44.1 Å². The Labute approximate surface area is 329 Å². The zero-order chi connectivity index (χ0) is 37.9. The molecule has 0 radical (unpaired) electrons. The van der Waals surface area contributed by atoms with Gasteiger partial charge in [-0.1, -0.05) is 0 Å². The zero-order valence-electron chi connectivity index (χ0n) is 34.0. The molecule has 7 heteroatoms. The van der Waals surface area contributed by atoms with Crippen molar-refractivity contribution in [1.82, 2.24) is 0 Å². The highest BCUT2D eigenvalue weighted by Gasteiger charge is 2.53. The summed E-state index contributed by atoms with van der Waals surface area (Å²) < 4.78 is 0. The average Bonchev–Trinajstić information content (AvgIpc) is 3.16. The molecule has 280 valence electrons. The van der Waals surface area contributed by atoms with Crippen molar-refractivity contribution in [2.75, 3.05) is 85.8 Å². The van der Waals surface area contributed by atoms with Crippen LogP contribution in [0.2, 0.25) is 0 Å². The average molecular weight is 727 g/mol. The molecule has 5 aromatic carbocycles. The number of hydrogen-bond acceptors (Lipinski definition) is 6. The zero-order valence-corrected chi connectivity index (χ0v) is 34.0. The van der Waals surface area contributed by atoms with Gasteiger partial charge in [-0.3, -0.25) is 0 Å². The number of fused-ring (bicyclic) bond motifs is 4. The van der Waals surface area contributed by atoms with Crippen LogP contribution >= 0.6 is 0 Å². The summed E-state index contributed by atoms with van der Waals surface area (Å²) in [6, 6.07) is 38.2. The molecule has 0 atom stereocenters. The molecule has 55 heavy (non-hydrogen) atoms. The van der Waals surface area contributed by atoms with Gasteiger partial charge in [0.25, 0.3) is 6.71 Å². The van der Waals surface area contributed by atoms with Crippen molar-refractivity contribution in [2.24, 2.45) is 17.8 Å². The highest BCUT2D eigenvalue weighted by atomic mass is 15.2. The topological polar surface area (TPSA) is 19.4 Å². The maximum atomic E-state index is 2.68. The molecule has 0 amide bonds. The molecule has 0 saturated heterocycles. The van der Waals surface area contributed by atoms with E-state index in [1.807, 2.05) is 0 Å². The fraction of sp³-hybridized carbons (Fsp3) is 0.375. The molecule has 4 bridgehead atoms. The van der Waals surface area contributed by atoms with Crippen molar-refractivity contribution in [3.63, 3.8) is 0 Å². The van der Waals surface area contributed by atoms with Gasteiger partial charge in [0, 0.05) is 113 Å². The number of hydrogen-bond donors (Lipinski definition) is 0. The van der Waals surface area contributed by atoms with Gasteiger partial charge in [-0.2, -0.15) is 0 Å². The molecule has 0 aromatic heterocycles. The summed E-state index contributed by atoms with van der Waals surface area (Å²) in [5.41, 5.74) is 18.5. The maximum Gasteiger partial charge on any atom is 0.252 e. The van der Waals surface area contributed by atoms with Crippen LogP contribution in [0, 0.1) is 17.8 Å². The van der Waals surface area contributed by atoms with Crippen LogP contribution in [0.15, 0.2) is 97.1 Å².